The van der Waals surface area contributed by atoms with Gasteiger partial charge in [0.15, 0.2) is 14.9 Å². The van der Waals surface area contributed by atoms with Crippen molar-refractivity contribution in [1.29, 1.82) is 0 Å². The summed E-state index contributed by atoms with van der Waals surface area (Å²) in [6, 6.07) is 1.67. The van der Waals surface area contributed by atoms with Crippen LogP contribution >= 0.6 is 0 Å². The number of fused-ring (bicyclic) bond motifs is 3. The van der Waals surface area contributed by atoms with Crippen LogP contribution in [0.2, 0.25) is 0 Å². The number of hydrogen-bond acceptors (Lipinski definition) is 4. The average molecular weight is 385 g/mol. The van der Waals surface area contributed by atoms with E-state index in [4.69, 9.17) is 0 Å². The van der Waals surface area contributed by atoms with Crippen LogP contribution in [0.15, 0.2) is 21.7 Å². The monoisotopic (exact) mass is 385 g/mol. The Morgan fingerprint density at radius 1 is 1.15 bits per heavy atom. The smallest absolute Gasteiger partial charge is 0.307 e. The molecular weight excluding hydrogens is 366 g/mol. The number of urea groups is 1. The summed E-state index contributed by atoms with van der Waals surface area (Å²) < 4.78 is 20.6. The third-order valence-electron chi connectivity index (χ3n) is 5.53. The molecule has 2 heterocycles. The second-order valence-electron chi connectivity index (χ2n) is 7.20. The minimum absolute atomic E-state index is 0.145. The van der Waals surface area contributed by atoms with Gasteiger partial charge in [0, 0.05) is 12.7 Å². The fourth-order valence-electron chi connectivity index (χ4n) is 4.41. The van der Waals surface area contributed by atoms with Crippen LogP contribution in [0, 0.1) is 0 Å². The Kier molecular flexibility index (Phi) is 3.45. The van der Waals surface area contributed by atoms with Gasteiger partial charge in [0.1, 0.15) is 0 Å². The Morgan fingerprint density at radius 2 is 1.81 bits per heavy atom. The van der Waals surface area contributed by atoms with E-state index in [1.807, 2.05) is 0 Å². The van der Waals surface area contributed by atoms with Crippen LogP contribution in [-0.4, -0.2) is 25.9 Å². The summed E-state index contributed by atoms with van der Waals surface area (Å²) in [5.74, 6) is -0.620. The first kappa shape index (κ1) is 16.5. The number of amides is 3. The molecule has 8 nitrogen and oxygen atoms in total. The molecule has 1 atom stereocenters. The highest BCUT2D eigenvalue weighted by atomic mass is 32.2. The Balaban J connectivity index is 1.48. The Labute approximate surface area is 156 Å². The molecule has 1 aliphatic heterocycles. The van der Waals surface area contributed by atoms with Crippen LogP contribution in [0.25, 0.3) is 0 Å². The highest BCUT2D eigenvalue weighted by molar-refractivity contribution is 7.93. The molecule has 1 aromatic heterocycles. The van der Waals surface area contributed by atoms with Gasteiger partial charge in [0.05, 0.1) is 11.8 Å². The predicted molar refractivity (Wildman–Crippen MR) is 99.0 cm³/mol. The second-order valence-corrected chi connectivity index (χ2v) is 9.02. The van der Waals surface area contributed by atoms with Crippen molar-refractivity contribution < 1.29 is 13.8 Å². The van der Waals surface area contributed by atoms with Gasteiger partial charge in [-0.25, -0.2) is 13.7 Å². The zero-order chi connectivity index (χ0) is 18.8. The van der Waals surface area contributed by atoms with E-state index in [-0.39, 0.29) is 10.6 Å². The van der Waals surface area contributed by atoms with Crippen molar-refractivity contribution in [3.63, 3.8) is 0 Å². The predicted octanol–water partition coefficient (Wildman–Crippen LogP) is 2.11. The molecule has 5 rings (SSSR count). The summed E-state index contributed by atoms with van der Waals surface area (Å²) in [6.07, 6.45) is 7.39. The van der Waals surface area contributed by atoms with Crippen molar-refractivity contribution in [3.8, 4) is 0 Å². The highest BCUT2D eigenvalue weighted by Gasteiger charge is 2.35. The van der Waals surface area contributed by atoms with E-state index in [1.54, 1.807) is 7.05 Å². The van der Waals surface area contributed by atoms with Gasteiger partial charge in [-0.2, -0.15) is 5.10 Å². The van der Waals surface area contributed by atoms with Crippen LogP contribution in [-0.2, 0) is 42.6 Å². The first-order valence-electron chi connectivity index (χ1n) is 9.05. The lowest BCUT2D eigenvalue weighted by Crippen LogP contribution is -2.35. The number of aryl methyl sites for hydroxylation is 3. The lowest BCUT2D eigenvalue weighted by atomic mass is 9.99. The Morgan fingerprint density at radius 3 is 2.48 bits per heavy atom. The molecule has 2 aliphatic carbocycles. The van der Waals surface area contributed by atoms with Crippen LogP contribution in [0.5, 0.6) is 0 Å². The zero-order valence-electron chi connectivity index (χ0n) is 14.9. The standard InChI is InChI=1S/C18H19N5O3S/c1-23-17-14(9-19-23)16(24)21-27(17,26)22-18(25)20-15-12-6-2-4-10(12)8-11-5-3-7-13(11)15/h8-9H,2-7H2,1H3,(H2,20,21,22,24,25,26). The molecule has 0 saturated heterocycles. The number of hydrogen-bond donors (Lipinski definition) is 2. The minimum Gasteiger partial charge on any atom is -0.307 e. The maximum Gasteiger partial charge on any atom is 0.332 e. The number of rotatable bonds is 2. The molecule has 1 aromatic carbocycles. The first-order valence-corrected chi connectivity index (χ1v) is 10.6. The van der Waals surface area contributed by atoms with Crippen LogP contribution in [0.4, 0.5) is 10.5 Å². The summed E-state index contributed by atoms with van der Waals surface area (Å²) >= 11 is 0. The van der Waals surface area contributed by atoms with E-state index >= 15 is 0 Å². The third kappa shape index (κ3) is 2.41. The second kappa shape index (κ2) is 5.66. The van der Waals surface area contributed by atoms with E-state index in [1.165, 1.54) is 33.1 Å². The molecule has 0 saturated carbocycles. The molecule has 0 spiro atoms. The summed E-state index contributed by atoms with van der Waals surface area (Å²) in [5, 5.41) is 7.02. The van der Waals surface area contributed by atoms with Crippen LogP contribution < -0.4 is 10.0 Å². The molecular formula is C18H19N5O3S. The normalized spacial score (nSPS) is 22.2. The average Bonchev–Trinajstić information content (AvgIpc) is 3.34. The molecule has 0 bridgehead atoms. The van der Waals surface area contributed by atoms with Gasteiger partial charge in [-0.3, -0.25) is 9.48 Å². The van der Waals surface area contributed by atoms with E-state index in [2.05, 4.69) is 25.6 Å². The number of aromatic nitrogens is 2. The van der Waals surface area contributed by atoms with E-state index in [0.717, 1.165) is 44.2 Å². The van der Waals surface area contributed by atoms with Gasteiger partial charge in [0.25, 0.3) is 5.91 Å². The van der Waals surface area contributed by atoms with Crippen molar-refractivity contribution in [2.45, 2.75) is 43.6 Å². The van der Waals surface area contributed by atoms with Gasteiger partial charge in [-0.15, -0.1) is 4.36 Å². The largest absolute Gasteiger partial charge is 0.332 e. The van der Waals surface area contributed by atoms with Gasteiger partial charge in [0.2, 0.25) is 0 Å². The fourth-order valence-corrected chi connectivity index (χ4v) is 6.12. The molecule has 1 unspecified atom stereocenters. The quantitative estimate of drug-likeness (QED) is 0.826. The van der Waals surface area contributed by atoms with Crippen molar-refractivity contribution >= 4 is 27.5 Å². The van der Waals surface area contributed by atoms with Gasteiger partial charge < -0.3 is 5.32 Å². The Bertz CT molecular complexity index is 1110. The number of nitrogens with one attached hydrogen (secondary N) is 2. The number of nitrogens with zero attached hydrogens (tertiary/aromatic N) is 3. The maximum atomic E-state index is 13.1. The van der Waals surface area contributed by atoms with Crippen molar-refractivity contribution in [1.82, 2.24) is 14.5 Å². The van der Waals surface area contributed by atoms with Crippen LogP contribution in [0.3, 0.4) is 0 Å². The highest BCUT2D eigenvalue weighted by Crippen LogP contribution is 2.38. The first-order chi connectivity index (χ1) is 13.0. The molecule has 3 amide bonds. The molecule has 27 heavy (non-hydrogen) atoms. The number of carbonyl (C=O) groups is 2. The number of anilines is 1. The third-order valence-corrected chi connectivity index (χ3v) is 7.42. The molecule has 9 heteroatoms. The summed E-state index contributed by atoms with van der Waals surface area (Å²) in [5.41, 5.74) is 5.98. The van der Waals surface area contributed by atoms with Gasteiger partial charge in [-0.05, 0) is 60.8 Å². The van der Waals surface area contributed by atoms with Crippen molar-refractivity contribution in [3.05, 3.63) is 40.1 Å². The summed E-state index contributed by atoms with van der Waals surface area (Å²) in [7, 11) is -1.81. The van der Waals surface area contributed by atoms with Crippen molar-refractivity contribution in [2.75, 3.05) is 5.32 Å². The lowest BCUT2D eigenvalue weighted by Gasteiger charge is -2.17. The van der Waals surface area contributed by atoms with E-state index in [0.29, 0.717) is 0 Å². The zero-order valence-corrected chi connectivity index (χ0v) is 15.7. The van der Waals surface area contributed by atoms with E-state index < -0.39 is 21.9 Å². The van der Waals surface area contributed by atoms with Crippen molar-refractivity contribution in [2.24, 2.45) is 11.4 Å². The molecule has 3 aliphatic rings. The molecule has 0 fully saturated rings. The molecule has 2 N–H and O–H groups in total. The Hall–Kier alpha value is -2.68. The van der Waals surface area contributed by atoms with Gasteiger partial charge >= 0.3 is 6.03 Å². The summed E-state index contributed by atoms with van der Waals surface area (Å²) in [6.45, 7) is 0. The van der Waals surface area contributed by atoms with E-state index in [9.17, 15) is 13.8 Å². The minimum atomic E-state index is -3.38. The topological polar surface area (TPSA) is 105 Å². The summed E-state index contributed by atoms with van der Waals surface area (Å²) in [4.78, 5) is 24.7. The number of benzene rings is 1. The lowest BCUT2D eigenvalue weighted by molar-refractivity contribution is 0.101. The molecule has 2 aromatic rings. The maximum absolute atomic E-state index is 13.1. The fraction of sp³-hybridized carbons (Fsp3) is 0.389. The number of carbonyl (C=O) groups excluding carboxylic acids is 2. The molecule has 0 radical (unpaired) electrons. The molecule has 140 valence electrons. The van der Waals surface area contributed by atoms with Gasteiger partial charge in [-0.1, -0.05) is 6.07 Å². The van der Waals surface area contributed by atoms with Crippen LogP contribution in [0.1, 0.15) is 45.5 Å². The SMILES string of the molecule is Cn1ncc2c1S(=O)(NC(=O)Nc1c3c(cc4c1CCC4)CCC3)=NC2=O.